The second-order valence-electron chi connectivity index (χ2n) is 5.81. The van der Waals surface area contributed by atoms with Crippen molar-refractivity contribution >= 4 is 17.3 Å². The third-order valence-electron chi connectivity index (χ3n) is 4.37. The molecule has 2 aliphatic rings. The lowest BCUT2D eigenvalue weighted by Gasteiger charge is -2.23. The largest absolute Gasteiger partial charge is 0.454 e. The molecule has 2 heterocycles. The maximum atomic E-state index is 13.0. The first kappa shape index (κ1) is 17.3. The number of rotatable bonds is 3. The molecule has 1 atom stereocenters. The number of hydrogen-bond acceptors (Lipinski definition) is 4. The zero-order chi connectivity index (χ0) is 18.0. The predicted molar refractivity (Wildman–Crippen MR) is 96.3 cm³/mol. The number of anilines is 2. The minimum atomic E-state index is -1.47. The molecule has 2 aromatic rings. The normalized spacial score (nSPS) is 20.2. The van der Waals surface area contributed by atoms with Crippen LogP contribution in [0, 0.1) is 0 Å². The fraction of sp³-hybridized carbons (Fsp3) is 0.350. The number of carbonyl (C=O) groups excluding carboxylic acids is 1. The van der Waals surface area contributed by atoms with Crippen molar-refractivity contribution in [2.45, 2.75) is 39.2 Å². The van der Waals surface area contributed by atoms with Gasteiger partial charge >= 0.3 is 0 Å². The highest BCUT2D eigenvalue weighted by molar-refractivity contribution is 6.12. The van der Waals surface area contributed by atoms with E-state index in [0.29, 0.717) is 41.3 Å². The molecule has 1 unspecified atom stereocenters. The van der Waals surface area contributed by atoms with Gasteiger partial charge in [0, 0.05) is 11.6 Å². The minimum absolute atomic E-state index is 0.184. The van der Waals surface area contributed by atoms with E-state index in [2.05, 4.69) is 0 Å². The van der Waals surface area contributed by atoms with Crippen molar-refractivity contribution in [2.24, 2.45) is 0 Å². The highest BCUT2D eigenvalue weighted by Gasteiger charge is 2.49. The molecule has 0 radical (unpaired) electrons. The van der Waals surface area contributed by atoms with Crippen molar-refractivity contribution in [3.8, 4) is 11.5 Å². The molecule has 2 aromatic carbocycles. The number of benzene rings is 2. The number of ether oxygens (including phenoxy) is 2. The van der Waals surface area contributed by atoms with Crippen LogP contribution in [0.5, 0.6) is 11.5 Å². The van der Waals surface area contributed by atoms with E-state index in [1.807, 2.05) is 45.0 Å². The Hall–Kier alpha value is -2.53. The number of fused-ring (bicyclic) bond motifs is 2. The second kappa shape index (κ2) is 6.76. The average Bonchev–Trinajstić information content (AvgIpc) is 3.19. The van der Waals surface area contributed by atoms with Gasteiger partial charge in [0.1, 0.15) is 0 Å². The topological polar surface area (TPSA) is 59.0 Å². The number of carbonyl (C=O) groups is 1. The molecule has 0 bridgehead atoms. The zero-order valence-corrected chi connectivity index (χ0v) is 14.8. The Kier molecular flexibility index (Phi) is 4.68. The van der Waals surface area contributed by atoms with Crippen LogP contribution in [0.4, 0.5) is 11.4 Å². The van der Waals surface area contributed by atoms with Gasteiger partial charge in [-0.05, 0) is 24.6 Å². The summed E-state index contributed by atoms with van der Waals surface area (Å²) in [7, 11) is 0. The molecular weight excluding hydrogens is 318 g/mol. The van der Waals surface area contributed by atoms with Crippen molar-refractivity contribution in [3.63, 3.8) is 0 Å². The maximum Gasteiger partial charge on any atom is 0.268 e. The fourth-order valence-corrected chi connectivity index (χ4v) is 3.31. The summed E-state index contributed by atoms with van der Waals surface area (Å²) in [5.41, 5.74) is 0.567. The lowest BCUT2D eigenvalue weighted by atomic mass is 9.91. The van der Waals surface area contributed by atoms with E-state index in [-0.39, 0.29) is 12.7 Å². The highest BCUT2D eigenvalue weighted by Crippen LogP contribution is 2.47. The number of nitrogens with zero attached hydrogens (tertiary/aromatic N) is 1. The van der Waals surface area contributed by atoms with Crippen LogP contribution >= 0.6 is 0 Å². The van der Waals surface area contributed by atoms with Crippen molar-refractivity contribution in [3.05, 3.63) is 48.0 Å². The molecule has 1 N–H and O–H groups in total. The number of para-hydroxylation sites is 1. The lowest BCUT2D eigenvalue weighted by molar-refractivity contribution is -0.136. The average molecular weight is 341 g/mol. The molecule has 0 saturated heterocycles. The summed E-state index contributed by atoms with van der Waals surface area (Å²) in [6, 6.07) is 12.7. The van der Waals surface area contributed by atoms with Gasteiger partial charge < -0.3 is 14.6 Å². The van der Waals surface area contributed by atoms with Crippen LogP contribution in [0.3, 0.4) is 0 Å². The highest BCUT2D eigenvalue weighted by atomic mass is 16.7. The Bertz CT molecular complexity index is 789. The lowest BCUT2D eigenvalue weighted by Crippen LogP contribution is -2.38. The van der Waals surface area contributed by atoms with Gasteiger partial charge in [-0.15, -0.1) is 0 Å². The summed E-state index contributed by atoms with van der Waals surface area (Å²) in [5, 5.41) is 11.0. The van der Waals surface area contributed by atoms with Gasteiger partial charge in [-0.25, -0.2) is 0 Å². The number of amides is 1. The van der Waals surface area contributed by atoms with E-state index in [4.69, 9.17) is 9.47 Å². The van der Waals surface area contributed by atoms with Gasteiger partial charge in [0.05, 0.1) is 11.4 Å². The van der Waals surface area contributed by atoms with Crippen LogP contribution in [0.15, 0.2) is 42.5 Å². The summed E-state index contributed by atoms with van der Waals surface area (Å²) in [4.78, 5) is 14.5. The maximum absolute atomic E-state index is 13.0. The first-order chi connectivity index (χ1) is 12.1. The van der Waals surface area contributed by atoms with Gasteiger partial charge in [0.15, 0.2) is 17.1 Å². The molecule has 25 heavy (non-hydrogen) atoms. The minimum Gasteiger partial charge on any atom is -0.454 e. The van der Waals surface area contributed by atoms with E-state index >= 15 is 0 Å². The first-order valence-corrected chi connectivity index (χ1v) is 8.71. The predicted octanol–water partition coefficient (Wildman–Crippen LogP) is 4.11. The van der Waals surface area contributed by atoms with Crippen molar-refractivity contribution in [1.29, 1.82) is 0 Å². The third-order valence-corrected chi connectivity index (χ3v) is 4.37. The van der Waals surface area contributed by atoms with Crippen molar-refractivity contribution in [2.75, 3.05) is 11.7 Å². The molecule has 5 heteroatoms. The summed E-state index contributed by atoms with van der Waals surface area (Å²) < 4.78 is 10.7. The molecule has 5 nitrogen and oxygen atoms in total. The Balaban J connectivity index is 0.000000880. The molecule has 0 aromatic heterocycles. The first-order valence-electron chi connectivity index (χ1n) is 8.71. The summed E-state index contributed by atoms with van der Waals surface area (Å²) in [6.45, 7) is 6.14. The van der Waals surface area contributed by atoms with Crippen LogP contribution in [0.2, 0.25) is 0 Å². The molecule has 0 fully saturated rings. The van der Waals surface area contributed by atoms with Crippen LogP contribution in [-0.4, -0.2) is 17.8 Å². The molecule has 0 aliphatic carbocycles. The van der Waals surface area contributed by atoms with Crippen LogP contribution in [-0.2, 0) is 10.4 Å². The van der Waals surface area contributed by atoms with E-state index in [1.165, 1.54) is 0 Å². The van der Waals surface area contributed by atoms with Crippen LogP contribution in [0.1, 0.15) is 39.2 Å². The molecule has 4 rings (SSSR count). The van der Waals surface area contributed by atoms with Crippen LogP contribution < -0.4 is 14.4 Å². The molecule has 0 spiro atoms. The molecule has 0 saturated carbocycles. The number of hydrogen-bond donors (Lipinski definition) is 1. The van der Waals surface area contributed by atoms with Crippen molar-refractivity contribution in [1.82, 2.24) is 0 Å². The van der Waals surface area contributed by atoms with E-state index in [9.17, 15) is 9.90 Å². The quantitative estimate of drug-likeness (QED) is 0.913. The summed E-state index contributed by atoms with van der Waals surface area (Å²) in [6.07, 6.45) is 1.11. The Morgan fingerprint density at radius 3 is 2.60 bits per heavy atom. The van der Waals surface area contributed by atoms with Gasteiger partial charge in [0.25, 0.3) is 5.91 Å². The molecule has 2 aliphatic heterocycles. The SMILES string of the molecule is CC.CCCC1(O)C(=O)N(c2ccc3c(c2)OCO3)c2ccccc21. The smallest absolute Gasteiger partial charge is 0.268 e. The van der Waals surface area contributed by atoms with Gasteiger partial charge in [0.2, 0.25) is 6.79 Å². The van der Waals surface area contributed by atoms with E-state index in [0.717, 1.165) is 0 Å². The van der Waals surface area contributed by atoms with Gasteiger partial charge in [-0.3, -0.25) is 9.69 Å². The monoisotopic (exact) mass is 341 g/mol. The molecular formula is C20H23NO4. The summed E-state index contributed by atoms with van der Waals surface area (Å²) in [5.74, 6) is 0.954. The van der Waals surface area contributed by atoms with E-state index in [1.54, 1.807) is 23.1 Å². The van der Waals surface area contributed by atoms with Gasteiger partial charge in [-0.2, -0.15) is 0 Å². The number of aliphatic hydroxyl groups is 1. The Morgan fingerprint density at radius 1 is 1.12 bits per heavy atom. The standard InChI is InChI=1S/C18H17NO4.C2H6/c1-2-9-18(21)13-5-3-4-6-14(13)19(17(18)20)12-7-8-15-16(10-12)23-11-22-15;1-2/h3-8,10,21H,2,9,11H2,1H3;1-2H3. The molecule has 132 valence electrons. The summed E-state index contributed by atoms with van der Waals surface area (Å²) >= 11 is 0. The molecule has 1 amide bonds. The van der Waals surface area contributed by atoms with Crippen LogP contribution in [0.25, 0.3) is 0 Å². The van der Waals surface area contributed by atoms with E-state index < -0.39 is 5.60 Å². The van der Waals surface area contributed by atoms with Gasteiger partial charge in [-0.1, -0.05) is 45.4 Å². The second-order valence-corrected chi connectivity index (χ2v) is 5.81. The van der Waals surface area contributed by atoms with Crippen molar-refractivity contribution < 1.29 is 19.4 Å². The third kappa shape index (κ3) is 2.65. The fourth-order valence-electron chi connectivity index (χ4n) is 3.31. The Morgan fingerprint density at radius 2 is 1.84 bits per heavy atom. The Labute approximate surface area is 147 Å². The zero-order valence-electron chi connectivity index (χ0n) is 14.8.